The summed E-state index contributed by atoms with van der Waals surface area (Å²) >= 11 is 0. The lowest BCUT2D eigenvalue weighted by molar-refractivity contribution is -0.390. The van der Waals surface area contributed by atoms with Crippen LogP contribution < -0.4 is 16.0 Å². The van der Waals surface area contributed by atoms with Crippen LogP contribution in [0.15, 0.2) is 12.2 Å². The predicted molar refractivity (Wildman–Crippen MR) is 462 cm³/mol. The van der Waals surface area contributed by atoms with E-state index in [1.165, 1.54) is 173 Å². The zero-order valence-electron chi connectivity index (χ0n) is 76.0. The summed E-state index contributed by atoms with van der Waals surface area (Å²) in [5, 5.41) is 187. The lowest BCUT2D eigenvalue weighted by Crippen LogP contribution is -2.71. The van der Waals surface area contributed by atoms with Gasteiger partial charge in [0.05, 0.1) is 57.8 Å². The Kier molecular flexibility index (Phi) is 57.3. The highest BCUT2D eigenvalue weighted by Crippen LogP contribution is 2.40. The molecule has 28 atom stereocenters. The summed E-state index contributed by atoms with van der Waals surface area (Å²) in [6, 6.07) is -4.56. The standard InChI is InChI=1S/C91H165N3O32/c1-6-9-12-15-18-21-24-27-29-32-35-38-41-44-47-50-69(104)94-61(64(49-46-43-40-37-34-31-26-23-20-17-14-11-8-3)117-70(105)51-48-45-42-39-36-33-30-28-25-22-19-16-13-10-7-2)58-116-87-78(111)76(109)83(67(56-98)120-87)124-88-79(112)77(110)82(68(57-99)121-88)122-86-72(93-60(5)101)75(108)81(66(55-97)119-86)123-89-80(113)85(74(107)65(54-96)118-89)126-91(90(114)115)52-62(102)71(92-59(4)100)84(125-91)73(106)63(103)53-95/h46,49,61-68,71-89,95-99,102-103,106-113H,6-45,47-48,50-58H2,1-5H3,(H,92,100)(H,93,101)(H,94,104)(H,114,115)/b49-46+/t61?,62-,63-,64?,65-,66-,67-,68-,71+,72-,73+,74+,75-,76-,77-,78-,79-,80-,81+,82+,83-,84?,85+,86+,87-,88+,89+,91-/m1/s1. The van der Waals surface area contributed by atoms with Crippen LogP contribution in [-0.2, 0) is 76.1 Å². The highest BCUT2D eigenvalue weighted by atomic mass is 16.8. The van der Waals surface area contributed by atoms with E-state index in [2.05, 4.69) is 36.7 Å². The van der Waals surface area contributed by atoms with Gasteiger partial charge in [-0.15, -0.1) is 0 Å². The molecule has 0 radical (unpaired) electrons. The Morgan fingerprint density at radius 3 is 1.23 bits per heavy atom. The third kappa shape index (κ3) is 39.0. The van der Waals surface area contributed by atoms with Crippen molar-refractivity contribution in [3.05, 3.63) is 12.2 Å². The van der Waals surface area contributed by atoms with Crippen LogP contribution in [0.1, 0.15) is 324 Å². The number of unbranched alkanes of at least 4 members (excludes halogenated alkanes) is 39. The number of aliphatic hydroxyl groups excluding tert-OH is 15. The Morgan fingerprint density at radius 1 is 0.429 bits per heavy atom. The third-order valence-electron chi connectivity index (χ3n) is 24.8. The van der Waals surface area contributed by atoms with E-state index >= 15 is 0 Å². The quantitative estimate of drug-likeness (QED) is 0.0195. The number of carbonyl (C=O) groups is 5. The second-order valence-corrected chi connectivity index (χ2v) is 35.4. The number of hydrogen-bond donors (Lipinski definition) is 19. The lowest BCUT2D eigenvalue weighted by atomic mass is 9.88. The molecule has 0 aromatic rings. The van der Waals surface area contributed by atoms with Gasteiger partial charge in [-0.2, -0.15) is 0 Å². The fraction of sp³-hybridized carbons (Fsp3) is 0.923. The minimum atomic E-state index is -3.19. The van der Waals surface area contributed by atoms with Gasteiger partial charge in [-0.1, -0.05) is 271 Å². The zero-order chi connectivity index (χ0) is 92.4. The smallest absolute Gasteiger partial charge is 0.364 e. The largest absolute Gasteiger partial charge is 0.477 e. The minimum absolute atomic E-state index is 0.132. The van der Waals surface area contributed by atoms with Gasteiger partial charge in [-0.3, -0.25) is 19.2 Å². The summed E-state index contributed by atoms with van der Waals surface area (Å²) in [6.07, 6.45) is 3.23. The lowest BCUT2D eigenvalue weighted by Gasteiger charge is -2.51. The van der Waals surface area contributed by atoms with Crippen molar-refractivity contribution in [2.45, 2.75) is 495 Å². The van der Waals surface area contributed by atoms with Crippen LogP contribution in [0.4, 0.5) is 0 Å². The number of aliphatic hydroxyl groups is 15. The van der Waals surface area contributed by atoms with E-state index in [1.54, 1.807) is 6.08 Å². The van der Waals surface area contributed by atoms with Gasteiger partial charge in [0.25, 0.3) is 5.79 Å². The Morgan fingerprint density at radius 2 is 0.802 bits per heavy atom. The summed E-state index contributed by atoms with van der Waals surface area (Å²) in [6.45, 7) is 2.91. The van der Waals surface area contributed by atoms with E-state index in [9.17, 15) is 106 Å². The molecule has 5 saturated heterocycles. The van der Waals surface area contributed by atoms with E-state index < -0.39 is 241 Å². The maximum absolute atomic E-state index is 14.2. The van der Waals surface area contributed by atoms with Gasteiger partial charge in [0.1, 0.15) is 122 Å². The van der Waals surface area contributed by atoms with Crippen LogP contribution in [0.2, 0.25) is 0 Å². The first-order valence-corrected chi connectivity index (χ1v) is 48.0. The Balaban J connectivity index is 1.29. The fourth-order valence-electron chi connectivity index (χ4n) is 17.3. The number of carboxylic acid groups (broad SMARTS) is 1. The fourth-order valence-corrected chi connectivity index (χ4v) is 17.3. The number of aliphatic carboxylic acids is 1. The van der Waals surface area contributed by atoms with Crippen molar-refractivity contribution in [2.24, 2.45) is 0 Å². The molecule has 0 aliphatic carbocycles. The highest BCUT2D eigenvalue weighted by Gasteiger charge is 2.61. The molecule has 3 unspecified atom stereocenters. The van der Waals surface area contributed by atoms with Crippen molar-refractivity contribution in [2.75, 3.05) is 39.6 Å². The van der Waals surface area contributed by atoms with E-state index in [0.717, 1.165) is 90.9 Å². The second kappa shape index (κ2) is 64.1. The molecule has 5 aliphatic rings. The van der Waals surface area contributed by atoms with Crippen LogP contribution in [0, 0.1) is 0 Å². The Bertz CT molecular complexity index is 2920. The molecule has 0 spiro atoms. The maximum atomic E-state index is 14.2. The number of carbonyl (C=O) groups excluding carboxylic acids is 4. The topological polar surface area (TPSA) is 547 Å². The Hall–Kier alpha value is -3.91. The first kappa shape index (κ1) is 113. The minimum Gasteiger partial charge on any atom is -0.477 e. The summed E-state index contributed by atoms with van der Waals surface area (Å²) in [5.74, 6) is -7.75. The number of amides is 3. The van der Waals surface area contributed by atoms with Gasteiger partial charge in [-0.05, 0) is 31.8 Å². The summed E-state index contributed by atoms with van der Waals surface area (Å²) in [4.78, 5) is 66.5. The highest BCUT2D eigenvalue weighted by molar-refractivity contribution is 5.77. The summed E-state index contributed by atoms with van der Waals surface area (Å²) < 4.78 is 65.9. The van der Waals surface area contributed by atoms with Gasteiger partial charge in [-0.25, -0.2) is 4.79 Å². The van der Waals surface area contributed by atoms with Crippen molar-refractivity contribution in [3.63, 3.8) is 0 Å². The molecule has 5 rings (SSSR count). The number of esters is 1. The molecule has 3 amide bonds. The third-order valence-corrected chi connectivity index (χ3v) is 24.8. The van der Waals surface area contributed by atoms with Crippen molar-refractivity contribution in [1.29, 1.82) is 0 Å². The molecule has 126 heavy (non-hydrogen) atoms. The van der Waals surface area contributed by atoms with Crippen LogP contribution in [0.5, 0.6) is 0 Å². The van der Waals surface area contributed by atoms with E-state index in [0.29, 0.717) is 19.3 Å². The first-order chi connectivity index (χ1) is 60.7. The molecule has 736 valence electrons. The van der Waals surface area contributed by atoms with Gasteiger partial charge in [0.15, 0.2) is 25.2 Å². The number of ether oxygens (including phenoxy) is 11. The number of hydrogen-bond acceptors (Lipinski definition) is 31. The average molecular weight is 1810 g/mol. The number of nitrogens with one attached hydrogen (secondary N) is 3. The number of allylic oxidation sites excluding steroid dienone is 1. The molecule has 35 heteroatoms. The number of rotatable bonds is 69. The maximum Gasteiger partial charge on any atom is 0.364 e. The molecular weight excluding hydrogens is 1650 g/mol. The average Bonchev–Trinajstić information content (AvgIpc) is 0.926. The van der Waals surface area contributed by atoms with E-state index in [-0.39, 0.29) is 18.7 Å². The second-order valence-electron chi connectivity index (χ2n) is 35.4. The number of carboxylic acids is 1. The molecule has 35 nitrogen and oxygen atoms in total. The van der Waals surface area contributed by atoms with Gasteiger partial charge in [0.2, 0.25) is 17.7 Å². The zero-order valence-corrected chi connectivity index (χ0v) is 76.0. The van der Waals surface area contributed by atoms with Gasteiger partial charge >= 0.3 is 11.9 Å². The van der Waals surface area contributed by atoms with E-state index in [1.807, 2.05) is 6.08 Å². The van der Waals surface area contributed by atoms with Crippen LogP contribution in [0.25, 0.3) is 0 Å². The van der Waals surface area contributed by atoms with Crippen LogP contribution >= 0.6 is 0 Å². The van der Waals surface area contributed by atoms with Gasteiger partial charge < -0.3 is 150 Å². The van der Waals surface area contributed by atoms with Crippen molar-refractivity contribution in [3.8, 4) is 0 Å². The Labute approximate surface area is 746 Å². The SMILES string of the molecule is CCCCCCCCCCCCC/C=C/C(OC(=O)CCCCCCCCCCCCCCCCC)C(CO[C@@H]1O[C@H](CO)[C@@H](O[C@@H]2O[C@H](CO)[C@H](O[C@@H]3O[C@H](CO)[C@H](O[C@@H]4O[C@H](CO)[C@H](O)[C@H](O[C@@]5(C(=O)O)C[C@@H](O)[C@H](NC(C)=O)C([C@@H](O)[C@H](O)CO)O5)[C@H]4O)[C@H](O)[C@H]3NC(C)=O)[C@H](O)[C@H]2O)[C@H](O)[C@H]1O)NC(=O)CCCCCCCCCCCCCCCCC. The van der Waals surface area contributed by atoms with Crippen molar-refractivity contribution in [1.82, 2.24) is 16.0 Å². The first-order valence-electron chi connectivity index (χ1n) is 48.0. The molecule has 0 saturated carbocycles. The molecule has 0 aromatic carbocycles. The molecule has 0 aromatic heterocycles. The molecule has 0 bridgehead atoms. The van der Waals surface area contributed by atoms with E-state index in [4.69, 9.17) is 52.1 Å². The van der Waals surface area contributed by atoms with Crippen LogP contribution in [0.3, 0.4) is 0 Å². The summed E-state index contributed by atoms with van der Waals surface area (Å²) in [7, 11) is 0. The summed E-state index contributed by atoms with van der Waals surface area (Å²) in [5.41, 5.74) is 0. The monoisotopic (exact) mass is 1810 g/mol. The molecular formula is C91H165N3O32. The predicted octanol–water partition coefficient (Wildman–Crippen LogP) is 5.77. The van der Waals surface area contributed by atoms with Crippen LogP contribution in [-0.4, -0.2) is 322 Å². The normalized spacial score (nSPS) is 31.1. The van der Waals surface area contributed by atoms with Crippen molar-refractivity contribution >= 4 is 29.7 Å². The van der Waals surface area contributed by atoms with Crippen molar-refractivity contribution < 1.29 is 158 Å². The van der Waals surface area contributed by atoms with Gasteiger partial charge in [0, 0.05) is 33.1 Å². The molecule has 5 heterocycles. The molecule has 5 fully saturated rings. The molecule has 5 aliphatic heterocycles. The molecule has 19 N–H and O–H groups in total.